The zero-order valence-electron chi connectivity index (χ0n) is 15.2. The van der Waals surface area contributed by atoms with Gasteiger partial charge in [0.15, 0.2) is 0 Å². The summed E-state index contributed by atoms with van der Waals surface area (Å²) in [6, 6.07) is 6.55. The Morgan fingerprint density at radius 1 is 1.23 bits per heavy atom. The fraction of sp³-hybridized carbons (Fsp3) is 0.421. The van der Waals surface area contributed by atoms with Crippen LogP contribution in [0.3, 0.4) is 0 Å². The van der Waals surface area contributed by atoms with Gasteiger partial charge in [0, 0.05) is 5.69 Å². The number of hydrogen-bond acceptors (Lipinski definition) is 3. The lowest BCUT2D eigenvalue weighted by atomic mass is 10.0. The first-order valence-electron chi connectivity index (χ1n) is 8.69. The van der Waals surface area contributed by atoms with Gasteiger partial charge in [-0.05, 0) is 43.5 Å². The molecule has 0 aliphatic carbocycles. The third-order valence-electron chi connectivity index (χ3n) is 4.40. The first-order valence-corrected chi connectivity index (χ1v) is 8.69. The van der Waals surface area contributed by atoms with Crippen molar-refractivity contribution in [1.29, 1.82) is 0 Å². The number of nitrogens with zero attached hydrogens (tertiary/aromatic N) is 2. The van der Waals surface area contributed by atoms with Crippen LogP contribution in [0.25, 0.3) is 0 Å². The molecule has 0 radical (unpaired) electrons. The van der Waals surface area contributed by atoms with E-state index in [1.165, 1.54) is 24.3 Å². The Morgan fingerprint density at radius 3 is 2.38 bits per heavy atom. The molecule has 2 N–H and O–H groups in total. The summed E-state index contributed by atoms with van der Waals surface area (Å²) in [6.45, 7) is 6.01. The van der Waals surface area contributed by atoms with Gasteiger partial charge in [-0.1, -0.05) is 26.0 Å². The summed E-state index contributed by atoms with van der Waals surface area (Å²) in [5, 5.41) is 16.2. The van der Waals surface area contributed by atoms with Gasteiger partial charge < -0.3 is 10.4 Å². The molecule has 0 spiro atoms. The Balaban J connectivity index is 2.23. The number of carbonyl (C=O) groups excluding carboxylic acids is 1. The molecule has 0 saturated heterocycles. The van der Waals surface area contributed by atoms with Gasteiger partial charge in [0.2, 0.25) is 0 Å². The molecule has 0 aliphatic heterocycles. The number of halogens is 1. The third-order valence-corrected chi connectivity index (χ3v) is 4.40. The van der Waals surface area contributed by atoms with E-state index in [1.54, 1.807) is 6.07 Å². The maximum atomic E-state index is 13.1. The Hall–Kier alpha value is -2.70. The highest BCUT2D eigenvalue weighted by molar-refractivity contribution is 5.93. The third kappa shape index (κ3) is 4.68. The molecule has 7 heteroatoms. The molecule has 1 unspecified atom stereocenters. The van der Waals surface area contributed by atoms with Crippen molar-refractivity contribution in [3.8, 4) is 0 Å². The Bertz CT molecular complexity index is 767. The number of hydrogen-bond donors (Lipinski definition) is 2. The number of carboxylic acid groups (broad SMARTS) is 1. The van der Waals surface area contributed by atoms with Crippen LogP contribution in [-0.4, -0.2) is 26.8 Å². The van der Waals surface area contributed by atoms with Crippen molar-refractivity contribution < 1.29 is 19.1 Å². The van der Waals surface area contributed by atoms with Crippen molar-refractivity contribution in [3.05, 3.63) is 53.1 Å². The molecule has 140 valence electrons. The van der Waals surface area contributed by atoms with E-state index in [4.69, 9.17) is 5.11 Å². The molecule has 0 fully saturated rings. The largest absolute Gasteiger partial charge is 0.481 e. The van der Waals surface area contributed by atoms with Gasteiger partial charge in [0.05, 0.1) is 18.5 Å². The molecule has 1 heterocycles. The highest BCUT2D eigenvalue weighted by Crippen LogP contribution is 2.20. The van der Waals surface area contributed by atoms with E-state index in [9.17, 15) is 14.0 Å². The van der Waals surface area contributed by atoms with Crippen molar-refractivity contribution in [2.45, 2.75) is 52.1 Å². The topological polar surface area (TPSA) is 84.2 Å². The Morgan fingerprint density at radius 2 is 1.85 bits per heavy atom. The second kappa shape index (κ2) is 8.60. The van der Waals surface area contributed by atoms with Crippen molar-refractivity contribution in [3.63, 3.8) is 0 Å². The van der Waals surface area contributed by atoms with Gasteiger partial charge >= 0.3 is 5.97 Å². The van der Waals surface area contributed by atoms with E-state index in [1.807, 2.05) is 11.6 Å². The zero-order chi connectivity index (χ0) is 19.3. The quantitative estimate of drug-likeness (QED) is 0.752. The number of aromatic nitrogens is 2. The number of amides is 1. The molecular formula is C19H24FN3O3. The normalized spacial score (nSPS) is 12.2. The van der Waals surface area contributed by atoms with E-state index < -0.39 is 23.7 Å². The van der Waals surface area contributed by atoms with E-state index >= 15 is 0 Å². The van der Waals surface area contributed by atoms with Crippen LogP contribution in [0.4, 0.5) is 4.39 Å². The highest BCUT2D eigenvalue weighted by atomic mass is 19.1. The molecule has 0 bridgehead atoms. The van der Waals surface area contributed by atoms with Crippen LogP contribution in [-0.2, 0) is 4.79 Å². The smallest absolute Gasteiger partial charge is 0.305 e. The van der Waals surface area contributed by atoms with Gasteiger partial charge in [0.25, 0.3) is 5.91 Å². The predicted octanol–water partition coefficient (Wildman–Crippen LogP) is 3.64. The number of rotatable bonds is 8. The van der Waals surface area contributed by atoms with Gasteiger partial charge in [0.1, 0.15) is 11.5 Å². The first-order chi connectivity index (χ1) is 12.3. The molecule has 1 aromatic heterocycles. The van der Waals surface area contributed by atoms with Gasteiger partial charge in [-0.3, -0.25) is 14.3 Å². The lowest BCUT2D eigenvalue weighted by Crippen LogP contribution is -2.30. The molecule has 2 rings (SSSR count). The van der Waals surface area contributed by atoms with Crippen molar-refractivity contribution in [2.75, 3.05) is 0 Å². The standard InChI is InChI=1S/C19H24FN3O3/c1-4-15(5-2)23-12(3)10-17(22-23)19(26)21-16(11-18(24)25)13-6-8-14(20)9-7-13/h6-10,15-16H,4-5,11H2,1-3H3,(H,21,26)(H,24,25). The minimum Gasteiger partial charge on any atom is -0.481 e. The number of aryl methyl sites for hydroxylation is 1. The lowest BCUT2D eigenvalue weighted by molar-refractivity contribution is -0.137. The summed E-state index contributed by atoms with van der Waals surface area (Å²) in [6.07, 6.45) is 1.50. The van der Waals surface area contributed by atoms with E-state index in [2.05, 4.69) is 24.3 Å². The van der Waals surface area contributed by atoms with Crippen molar-refractivity contribution in [1.82, 2.24) is 15.1 Å². The highest BCUT2D eigenvalue weighted by Gasteiger charge is 2.22. The molecule has 0 saturated carbocycles. The number of carbonyl (C=O) groups is 2. The van der Waals surface area contributed by atoms with Crippen LogP contribution in [0.1, 0.15) is 66.9 Å². The first kappa shape index (κ1) is 19.6. The summed E-state index contributed by atoms with van der Waals surface area (Å²) < 4.78 is 14.9. The second-order valence-electron chi connectivity index (χ2n) is 6.26. The summed E-state index contributed by atoms with van der Waals surface area (Å²) in [5.74, 6) is -1.93. The minimum absolute atomic E-state index is 0.212. The van der Waals surface area contributed by atoms with Crippen LogP contribution in [0.5, 0.6) is 0 Å². The van der Waals surface area contributed by atoms with E-state index in [0.717, 1.165) is 18.5 Å². The van der Waals surface area contributed by atoms with Crippen molar-refractivity contribution >= 4 is 11.9 Å². The maximum Gasteiger partial charge on any atom is 0.305 e. The molecule has 1 amide bonds. The van der Waals surface area contributed by atoms with Gasteiger partial charge in [-0.15, -0.1) is 0 Å². The predicted molar refractivity (Wildman–Crippen MR) is 95.4 cm³/mol. The molecule has 1 atom stereocenters. The monoisotopic (exact) mass is 361 g/mol. The molecule has 26 heavy (non-hydrogen) atoms. The fourth-order valence-corrected chi connectivity index (χ4v) is 2.96. The summed E-state index contributed by atoms with van der Waals surface area (Å²) >= 11 is 0. The van der Waals surface area contributed by atoms with Crippen LogP contribution in [0.15, 0.2) is 30.3 Å². The molecule has 6 nitrogen and oxygen atoms in total. The van der Waals surface area contributed by atoms with Crippen molar-refractivity contribution in [2.24, 2.45) is 0 Å². The number of nitrogens with one attached hydrogen (secondary N) is 1. The molecule has 1 aromatic carbocycles. The van der Waals surface area contributed by atoms with Crippen LogP contribution in [0, 0.1) is 12.7 Å². The van der Waals surface area contributed by atoms with E-state index in [0.29, 0.717) is 5.56 Å². The summed E-state index contributed by atoms with van der Waals surface area (Å²) in [5.41, 5.74) is 1.64. The van der Waals surface area contributed by atoms with Gasteiger partial charge in [-0.2, -0.15) is 5.10 Å². The maximum absolute atomic E-state index is 13.1. The Labute approximate surface area is 152 Å². The molecule has 2 aromatic rings. The lowest BCUT2D eigenvalue weighted by Gasteiger charge is -2.17. The number of benzene rings is 1. The van der Waals surface area contributed by atoms with Crippen LogP contribution in [0.2, 0.25) is 0 Å². The average molecular weight is 361 g/mol. The zero-order valence-corrected chi connectivity index (χ0v) is 15.2. The van der Waals surface area contributed by atoms with Crippen LogP contribution < -0.4 is 5.32 Å². The SMILES string of the molecule is CCC(CC)n1nc(C(=O)NC(CC(=O)O)c2ccc(F)cc2)cc1C. The van der Waals surface area contributed by atoms with E-state index in [-0.39, 0.29) is 18.2 Å². The number of aliphatic carboxylic acids is 1. The second-order valence-corrected chi connectivity index (χ2v) is 6.26. The summed E-state index contributed by atoms with van der Waals surface area (Å²) in [4.78, 5) is 23.7. The Kier molecular flexibility index (Phi) is 6.49. The minimum atomic E-state index is -1.06. The molecular weight excluding hydrogens is 337 g/mol. The van der Waals surface area contributed by atoms with Crippen LogP contribution >= 0.6 is 0 Å². The fourth-order valence-electron chi connectivity index (χ4n) is 2.96. The summed E-state index contributed by atoms with van der Waals surface area (Å²) in [7, 11) is 0. The average Bonchev–Trinajstić information content (AvgIpc) is 2.98. The van der Waals surface area contributed by atoms with Gasteiger partial charge in [-0.25, -0.2) is 4.39 Å². The molecule has 0 aliphatic rings. The number of carboxylic acids is 1.